The quantitative estimate of drug-likeness (QED) is 0.923. The van der Waals surface area contributed by atoms with Crippen LogP contribution in [0.5, 0.6) is 0 Å². The number of carbonyl (C=O) groups excluding carboxylic acids is 1. The largest absolute Gasteiger partial charge is 0.344 e. The zero-order chi connectivity index (χ0) is 15.4. The predicted molar refractivity (Wildman–Crippen MR) is 85.7 cm³/mol. The third kappa shape index (κ3) is 4.04. The van der Waals surface area contributed by atoms with Gasteiger partial charge in [-0.1, -0.05) is 19.9 Å². The highest BCUT2D eigenvalue weighted by molar-refractivity contribution is 7.10. The molecular formula is C16H20N2O2S. The van der Waals surface area contributed by atoms with Crippen LogP contribution in [0.1, 0.15) is 41.5 Å². The average molecular weight is 304 g/mol. The molecule has 2 aromatic heterocycles. The van der Waals surface area contributed by atoms with Crippen LogP contribution >= 0.6 is 11.3 Å². The Kier molecular flexibility index (Phi) is 4.96. The maximum absolute atomic E-state index is 12.4. The summed E-state index contributed by atoms with van der Waals surface area (Å²) in [4.78, 5) is 24.9. The van der Waals surface area contributed by atoms with Gasteiger partial charge >= 0.3 is 0 Å². The van der Waals surface area contributed by atoms with Gasteiger partial charge in [0.1, 0.15) is 0 Å². The van der Waals surface area contributed by atoms with Crippen LogP contribution in [0.4, 0.5) is 0 Å². The fourth-order valence-corrected chi connectivity index (χ4v) is 2.97. The van der Waals surface area contributed by atoms with Crippen molar-refractivity contribution in [3.63, 3.8) is 0 Å². The number of hydrogen-bond acceptors (Lipinski definition) is 3. The number of pyridine rings is 1. The molecule has 112 valence electrons. The van der Waals surface area contributed by atoms with Crippen molar-refractivity contribution in [1.82, 2.24) is 9.88 Å². The minimum atomic E-state index is -0.148. The molecule has 0 aliphatic heterocycles. The lowest BCUT2D eigenvalue weighted by Crippen LogP contribution is -2.30. The zero-order valence-corrected chi connectivity index (χ0v) is 13.3. The van der Waals surface area contributed by atoms with E-state index < -0.39 is 0 Å². The summed E-state index contributed by atoms with van der Waals surface area (Å²) in [5.41, 5.74) is 0.381. The van der Waals surface area contributed by atoms with Crippen LogP contribution in [-0.2, 0) is 7.05 Å². The minimum absolute atomic E-state index is 0.00901. The van der Waals surface area contributed by atoms with Crippen molar-refractivity contribution in [2.75, 3.05) is 0 Å². The average Bonchev–Trinajstić information content (AvgIpc) is 2.94. The summed E-state index contributed by atoms with van der Waals surface area (Å²) in [7, 11) is 1.64. The van der Waals surface area contributed by atoms with Crippen molar-refractivity contribution in [2.24, 2.45) is 13.0 Å². The molecule has 2 aromatic rings. The Bertz CT molecular complexity index is 659. The first-order chi connectivity index (χ1) is 9.97. The fourth-order valence-electron chi connectivity index (χ4n) is 2.18. The number of rotatable bonds is 5. The maximum Gasteiger partial charge on any atom is 0.253 e. The molecule has 0 aliphatic carbocycles. The van der Waals surface area contributed by atoms with Crippen LogP contribution in [0.15, 0.2) is 40.6 Å². The Hall–Kier alpha value is -1.88. The lowest BCUT2D eigenvalue weighted by molar-refractivity contribution is 0.0932. The highest BCUT2D eigenvalue weighted by Gasteiger charge is 2.18. The number of aryl methyl sites for hydroxylation is 1. The molecule has 0 fully saturated rings. The van der Waals surface area contributed by atoms with E-state index in [0.29, 0.717) is 11.5 Å². The monoisotopic (exact) mass is 304 g/mol. The molecule has 4 nitrogen and oxygen atoms in total. The van der Waals surface area contributed by atoms with Crippen molar-refractivity contribution in [2.45, 2.75) is 26.3 Å². The second kappa shape index (κ2) is 6.72. The summed E-state index contributed by atoms with van der Waals surface area (Å²) in [6.07, 6.45) is 2.45. The molecule has 21 heavy (non-hydrogen) atoms. The summed E-state index contributed by atoms with van der Waals surface area (Å²) in [6.45, 7) is 4.28. The van der Waals surface area contributed by atoms with Crippen LogP contribution in [-0.4, -0.2) is 10.5 Å². The van der Waals surface area contributed by atoms with Gasteiger partial charge in [0.15, 0.2) is 0 Å². The second-order valence-corrected chi connectivity index (χ2v) is 6.52. The minimum Gasteiger partial charge on any atom is -0.344 e. The van der Waals surface area contributed by atoms with Crippen molar-refractivity contribution >= 4 is 17.2 Å². The molecule has 1 unspecified atom stereocenters. The second-order valence-electron chi connectivity index (χ2n) is 5.54. The van der Waals surface area contributed by atoms with E-state index in [2.05, 4.69) is 19.2 Å². The molecule has 0 bridgehead atoms. The van der Waals surface area contributed by atoms with E-state index in [1.54, 1.807) is 30.6 Å². The highest BCUT2D eigenvalue weighted by Crippen LogP contribution is 2.25. The summed E-state index contributed by atoms with van der Waals surface area (Å²) in [5.74, 6) is 0.335. The molecular weight excluding hydrogens is 284 g/mol. The topological polar surface area (TPSA) is 51.1 Å². The van der Waals surface area contributed by atoms with E-state index >= 15 is 0 Å². The van der Waals surface area contributed by atoms with Crippen molar-refractivity contribution < 1.29 is 4.79 Å². The number of nitrogens with zero attached hydrogens (tertiary/aromatic N) is 1. The Morgan fingerprint density at radius 2 is 2.10 bits per heavy atom. The molecule has 1 atom stereocenters. The molecule has 0 saturated carbocycles. The molecule has 5 heteroatoms. The van der Waals surface area contributed by atoms with E-state index in [0.717, 1.165) is 11.3 Å². The van der Waals surface area contributed by atoms with Gasteiger partial charge < -0.3 is 9.88 Å². The zero-order valence-electron chi connectivity index (χ0n) is 12.5. The Balaban J connectivity index is 2.17. The number of carbonyl (C=O) groups is 1. The Labute approximate surface area is 128 Å². The molecule has 0 spiro atoms. The van der Waals surface area contributed by atoms with E-state index in [-0.39, 0.29) is 17.5 Å². The number of thiophene rings is 1. The van der Waals surface area contributed by atoms with Crippen LogP contribution in [0, 0.1) is 5.92 Å². The van der Waals surface area contributed by atoms with Gasteiger partial charge in [0.2, 0.25) is 5.56 Å². The first kappa shape index (κ1) is 15.5. The van der Waals surface area contributed by atoms with E-state index in [9.17, 15) is 9.59 Å². The maximum atomic E-state index is 12.4. The molecule has 0 aromatic carbocycles. The summed E-state index contributed by atoms with van der Waals surface area (Å²) < 4.78 is 1.41. The fraction of sp³-hybridized carbons (Fsp3) is 0.375. The molecule has 0 aliphatic rings. The van der Waals surface area contributed by atoms with Crippen LogP contribution in [0.25, 0.3) is 0 Å². The summed E-state index contributed by atoms with van der Waals surface area (Å²) in [5, 5.41) is 5.08. The number of aromatic nitrogens is 1. The third-order valence-corrected chi connectivity index (χ3v) is 4.23. The van der Waals surface area contributed by atoms with Gasteiger partial charge in [0.25, 0.3) is 5.91 Å². The van der Waals surface area contributed by atoms with Crippen LogP contribution in [0.2, 0.25) is 0 Å². The van der Waals surface area contributed by atoms with Crippen molar-refractivity contribution in [3.8, 4) is 0 Å². The normalized spacial score (nSPS) is 12.4. The summed E-state index contributed by atoms with van der Waals surface area (Å²) in [6, 6.07) is 7.02. The first-order valence-electron chi connectivity index (χ1n) is 6.98. The van der Waals surface area contributed by atoms with Gasteiger partial charge in [-0.05, 0) is 29.9 Å². The Morgan fingerprint density at radius 1 is 1.33 bits per heavy atom. The number of hydrogen-bond donors (Lipinski definition) is 1. The van der Waals surface area contributed by atoms with Crippen molar-refractivity contribution in [3.05, 3.63) is 56.6 Å². The highest BCUT2D eigenvalue weighted by atomic mass is 32.1. The molecule has 1 N–H and O–H groups in total. The standard InChI is InChI=1S/C16H20N2O2S/c1-11(2)9-13(14-5-4-8-21-14)17-16(20)12-6-7-15(19)18(3)10-12/h4-8,10-11,13H,9H2,1-3H3,(H,17,20). The van der Waals surface area contributed by atoms with E-state index in [4.69, 9.17) is 0 Å². The van der Waals surface area contributed by atoms with E-state index in [1.807, 2.05) is 17.5 Å². The third-order valence-electron chi connectivity index (χ3n) is 3.25. The number of nitrogens with one attached hydrogen (secondary N) is 1. The summed E-state index contributed by atoms with van der Waals surface area (Å²) >= 11 is 1.65. The predicted octanol–water partition coefficient (Wildman–Crippen LogP) is 2.96. The number of amides is 1. The van der Waals surface area contributed by atoms with E-state index in [1.165, 1.54) is 10.6 Å². The molecule has 1 amide bonds. The SMILES string of the molecule is CC(C)CC(NC(=O)c1ccc(=O)n(C)c1)c1cccs1. The molecule has 2 rings (SSSR count). The molecule has 0 saturated heterocycles. The smallest absolute Gasteiger partial charge is 0.253 e. The van der Waals surface area contributed by atoms with Gasteiger partial charge in [-0.2, -0.15) is 0 Å². The van der Waals surface area contributed by atoms with Crippen molar-refractivity contribution in [1.29, 1.82) is 0 Å². The van der Waals surface area contributed by atoms with Crippen LogP contribution in [0.3, 0.4) is 0 Å². The van der Waals surface area contributed by atoms with Gasteiger partial charge in [0.05, 0.1) is 11.6 Å². The lowest BCUT2D eigenvalue weighted by atomic mass is 10.0. The first-order valence-corrected chi connectivity index (χ1v) is 7.86. The lowest BCUT2D eigenvalue weighted by Gasteiger charge is -2.19. The van der Waals surface area contributed by atoms with Gasteiger partial charge in [-0.25, -0.2) is 0 Å². The van der Waals surface area contributed by atoms with Gasteiger partial charge in [0, 0.05) is 24.2 Å². The van der Waals surface area contributed by atoms with Gasteiger partial charge in [-0.3, -0.25) is 9.59 Å². The molecule has 0 radical (unpaired) electrons. The van der Waals surface area contributed by atoms with Gasteiger partial charge in [-0.15, -0.1) is 11.3 Å². The Morgan fingerprint density at radius 3 is 2.67 bits per heavy atom. The van der Waals surface area contributed by atoms with Crippen LogP contribution < -0.4 is 10.9 Å². The molecule has 2 heterocycles.